The number of methoxy groups -OCH3 is 1. The van der Waals surface area contributed by atoms with Crippen molar-refractivity contribution in [3.05, 3.63) is 52.0 Å². The van der Waals surface area contributed by atoms with Gasteiger partial charge in [-0.15, -0.1) is 0 Å². The molecule has 2 aliphatic heterocycles. The van der Waals surface area contributed by atoms with Gasteiger partial charge < -0.3 is 19.1 Å². The van der Waals surface area contributed by atoms with E-state index < -0.39 is 0 Å². The Morgan fingerprint density at radius 1 is 1.06 bits per heavy atom. The zero-order chi connectivity index (χ0) is 23.2. The van der Waals surface area contributed by atoms with Crippen molar-refractivity contribution >= 4 is 33.6 Å². The number of anilines is 1. The minimum absolute atomic E-state index is 0.0654. The molecule has 0 N–H and O–H groups in total. The van der Waals surface area contributed by atoms with Gasteiger partial charge in [0.25, 0.3) is 5.91 Å². The second-order valence-electron chi connectivity index (χ2n) is 8.22. The lowest BCUT2D eigenvalue weighted by atomic mass is 10.1. The largest absolute Gasteiger partial charge is 0.493 e. The lowest BCUT2D eigenvalue weighted by molar-refractivity contribution is -0.114. The molecule has 1 fully saturated rings. The number of hydrogen-bond donors (Lipinski definition) is 0. The molecule has 0 spiro atoms. The van der Waals surface area contributed by atoms with Crippen molar-refractivity contribution in [1.29, 1.82) is 0 Å². The minimum Gasteiger partial charge on any atom is -0.493 e. The Hall–Kier alpha value is -2.51. The number of amides is 1. The molecular weight excluding hydrogens is 484 g/mol. The van der Waals surface area contributed by atoms with Gasteiger partial charge in [0.2, 0.25) is 0 Å². The molecule has 2 aromatic carbocycles. The maximum atomic E-state index is 13.1. The molecule has 7 heteroatoms. The predicted molar refractivity (Wildman–Crippen MR) is 135 cm³/mol. The van der Waals surface area contributed by atoms with Gasteiger partial charge in [0.15, 0.2) is 11.5 Å². The Kier molecular flexibility index (Phi) is 7.93. The zero-order valence-electron chi connectivity index (χ0n) is 19.3. The monoisotopic (exact) mass is 514 g/mol. The molecule has 6 nitrogen and oxygen atoms in total. The first-order valence-corrected chi connectivity index (χ1v) is 12.4. The predicted octanol–water partition coefficient (Wildman–Crippen LogP) is 4.93. The molecule has 2 aliphatic rings. The highest BCUT2D eigenvalue weighted by molar-refractivity contribution is 9.10. The summed E-state index contributed by atoms with van der Waals surface area (Å²) in [6.45, 7) is 6.94. The summed E-state index contributed by atoms with van der Waals surface area (Å²) in [6.07, 6.45) is 6.74. The van der Waals surface area contributed by atoms with E-state index in [4.69, 9.17) is 14.2 Å². The quantitative estimate of drug-likeness (QED) is 0.444. The number of hydrogen-bond acceptors (Lipinski definition) is 5. The van der Waals surface area contributed by atoms with E-state index in [1.807, 2.05) is 43.3 Å². The zero-order valence-corrected chi connectivity index (χ0v) is 20.9. The van der Waals surface area contributed by atoms with Gasteiger partial charge >= 0.3 is 0 Å². The highest BCUT2D eigenvalue weighted by atomic mass is 79.9. The smallest absolute Gasteiger partial charge is 0.251 e. The molecular formula is C26H31BrN2O4. The SMILES string of the molecule is CCOc1ccc(Br)cc1/C=C/C(=O)N1CCc2cc(OC)c(OCCN3CCCC3)cc21. The molecule has 0 atom stereocenters. The molecule has 0 saturated carbocycles. The fourth-order valence-electron chi connectivity index (χ4n) is 4.38. The molecule has 1 saturated heterocycles. The second-order valence-corrected chi connectivity index (χ2v) is 9.13. The Morgan fingerprint density at radius 2 is 1.88 bits per heavy atom. The Morgan fingerprint density at radius 3 is 2.64 bits per heavy atom. The number of rotatable bonds is 9. The minimum atomic E-state index is -0.0654. The fraction of sp³-hybridized carbons (Fsp3) is 0.423. The van der Waals surface area contributed by atoms with Crippen LogP contribution >= 0.6 is 15.9 Å². The number of ether oxygens (including phenoxy) is 3. The number of halogens is 1. The van der Waals surface area contributed by atoms with Crippen LogP contribution in [0.3, 0.4) is 0 Å². The lowest BCUT2D eigenvalue weighted by Crippen LogP contribution is -2.27. The molecule has 33 heavy (non-hydrogen) atoms. The van der Waals surface area contributed by atoms with Crippen molar-refractivity contribution in [3.8, 4) is 17.2 Å². The Balaban J connectivity index is 1.49. The molecule has 2 aromatic rings. The van der Waals surface area contributed by atoms with E-state index in [0.29, 0.717) is 25.5 Å². The van der Waals surface area contributed by atoms with Crippen molar-refractivity contribution in [1.82, 2.24) is 4.90 Å². The maximum absolute atomic E-state index is 13.1. The van der Waals surface area contributed by atoms with Crippen molar-refractivity contribution in [2.45, 2.75) is 26.2 Å². The summed E-state index contributed by atoms with van der Waals surface area (Å²) in [5, 5.41) is 0. The summed E-state index contributed by atoms with van der Waals surface area (Å²) in [5.41, 5.74) is 2.85. The summed E-state index contributed by atoms with van der Waals surface area (Å²) in [7, 11) is 1.66. The van der Waals surface area contributed by atoms with Crippen LogP contribution in [-0.4, -0.2) is 57.3 Å². The van der Waals surface area contributed by atoms with E-state index >= 15 is 0 Å². The summed E-state index contributed by atoms with van der Waals surface area (Å²) in [4.78, 5) is 17.3. The van der Waals surface area contributed by atoms with Crippen molar-refractivity contribution in [3.63, 3.8) is 0 Å². The average molecular weight is 515 g/mol. The van der Waals surface area contributed by atoms with Gasteiger partial charge in [0, 0.05) is 35.3 Å². The van der Waals surface area contributed by atoms with Crippen LogP contribution in [0.1, 0.15) is 30.9 Å². The lowest BCUT2D eigenvalue weighted by Gasteiger charge is -2.19. The summed E-state index contributed by atoms with van der Waals surface area (Å²) >= 11 is 3.49. The van der Waals surface area contributed by atoms with E-state index in [2.05, 4.69) is 20.8 Å². The van der Waals surface area contributed by atoms with Crippen LogP contribution in [0, 0.1) is 0 Å². The third-order valence-electron chi connectivity index (χ3n) is 6.07. The summed E-state index contributed by atoms with van der Waals surface area (Å²) in [5.74, 6) is 2.09. The van der Waals surface area contributed by atoms with Gasteiger partial charge in [-0.05, 0) is 75.2 Å². The van der Waals surface area contributed by atoms with Crippen LogP contribution in [0.15, 0.2) is 40.9 Å². The molecule has 0 aromatic heterocycles. The molecule has 2 heterocycles. The van der Waals surface area contributed by atoms with Crippen LogP contribution in [0.5, 0.6) is 17.2 Å². The van der Waals surface area contributed by atoms with Crippen molar-refractivity contribution in [2.24, 2.45) is 0 Å². The van der Waals surface area contributed by atoms with Crippen LogP contribution in [-0.2, 0) is 11.2 Å². The van der Waals surface area contributed by atoms with Crippen molar-refractivity contribution in [2.75, 3.05) is 51.4 Å². The molecule has 4 rings (SSSR count). The maximum Gasteiger partial charge on any atom is 0.251 e. The van der Waals surface area contributed by atoms with Crippen LogP contribution in [0.4, 0.5) is 5.69 Å². The first-order chi connectivity index (χ1) is 16.1. The number of carbonyl (C=O) groups is 1. The molecule has 1 amide bonds. The molecule has 0 aliphatic carbocycles. The molecule has 0 unspecified atom stereocenters. The van der Waals surface area contributed by atoms with Crippen molar-refractivity contribution < 1.29 is 19.0 Å². The first kappa shape index (κ1) is 23.6. The van der Waals surface area contributed by atoms with Crippen LogP contribution in [0.25, 0.3) is 6.08 Å². The van der Waals surface area contributed by atoms with Gasteiger partial charge in [-0.2, -0.15) is 0 Å². The van der Waals surface area contributed by atoms with Gasteiger partial charge in [-0.25, -0.2) is 0 Å². The summed E-state index contributed by atoms with van der Waals surface area (Å²) in [6, 6.07) is 9.73. The molecule has 0 bridgehead atoms. The van der Waals surface area contributed by atoms with Crippen LogP contribution in [0.2, 0.25) is 0 Å². The topological polar surface area (TPSA) is 51.2 Å². The highest BCUT2D eigenvalue weighted by Gasteiger charge is 2.26. The highest BCUT2D eigenvalue weighted by Crippen LogP contribution is 2.39. The molecule has 0 radical (unpaired) electrons. The van der Waals surface area contributed by atoms with E-state index in [0.717, 1.165) is 58.8 Å². The fourth-order valence-corrected chi connectivity index (χ4v) is 4.75. The van der Waals surface area contributed by atoms with E-state index in [1.54, 1.807) is 18.1 Å². The third kappa shape index (κ3) is 5.71. The van der Waals surface area contributed by atoms with E-state index in [9.17, 15) is 4.79 Å². The Labute approximate surface area is 204 Å². The number of fused-ring (bicyclic) bond motifs is 1. The number of benzene rings is 2. The van der Waals surface area contributed by atoms with E-state index in [1.165, 1.54) is 12.8 Å². The summed E-state index contributed by atoms with van der Waals surface area (Å²) < 4.78 is 18.3. The van der Waals surface area contributed by atoms with E-state index in [-0.39, 0.29) is 5.91 Å². The van der Waals surface area contributed by atoms with Crippen LogP contribution < -0.4 is 19.1 Å². The molecule has 176 valence electrons. The second kappa shape index (κ2) is 11.1. The first-order valence-electron chi connectivity index (χ1n) is 11.6. The normalized spacial score (nSPS) is 15.8. The number of likely N-dealkylation sites (tertiary alicyclic amines) is 1. The standard InChI is InChI=1S/C26H31BrN2O4/c1-3-32-23-8-7-21(27)16-20(23)6-9-26(30)29-13-10-19-17-24(31-2)25(18-22(19)29)33-15-14-28-11-4-5-12-28/h6-9,16-18H,3-5,10-15H2,1-2H3/b9-6+. The number of carbonyl (C=O) groups excluding carboxylic acids is 1. The third-order valence-corrected chi connectivity index (χ3v) is 6.56. The van der Waals surface area contributed by atoms with Gasteiger partial charge in [-0.3, -0.25) is 9.69 Å². The average Bonchev–Trinajstić information content (AvgIpc) is 3.48. The number of nitrogens with zero attached hydrogens (tertiary/aromatic N) is 2. The van der Waals surface area contributed by atoms with Gasteiger partial charge in [0.1, 0.15) is 12.4 Å². The Bertz CT molecular complexity index is 1020. The van der Waals surface area contributed by atoms with Gasteiger partial charge in [-0.1, -0.05) is 15.9 Å². The van der Waals surface area contributed by atoms with Gasteiger partial charge in [0.05, 0.1) is 19.4 Å².